The second kappa shape index (κ2) is 6.39. The van der Waals surface area contributed by atoms with Gasteiger partial charge in [0, 0.05) is 6.04 Å². The number of halogens is 1. The molecule has 0 aliphatic carbocycles. The van der Waals surface area contributed by atoms with E-state index >= 15 is 0 Å². The predicted molar refractivity (Wildman–Crippen MR) is 69.9 cm³/mol. The molecule has 0 saturated carbocycles. The first-order valence-electron chi connectivity index (χ1n) is 5.35. The highest BCUT2D eigenvalue weighted by Gasteiger charge is 2.15. The molecule has 0 radical (unpaired) electrons. The van der Waals surface area contributed by atoms with E-state index in [9.17, 15) is 9.59 Å². The van der Waals surface area contributed by atoms with Gasteiger partial charge in [0.1, 0.15) is 11.3 Å². The Hall–Kier alpha value is -1.56. The molecule has 0 unspecified atom stereocenters. The van der Waals surface area contributed by atoms with Gasteiger partial charge in [0.05, 0.1) is 4.47 Å². The molecule has 0 spiro atoms. The van der Waals surface area contributed by atoms with E-state index < -0.39 is 5.97 Å². The Bertz CT molecular complexity index is 459. The van der Waals surface area contributed by atoms with Crippen LogP contribution in [0.5, 0.6) is 5.75 Å². The molecule has 18 heavy (non-hydrogen) atoms. The average molecular weight is 316 g/mol. The molecule has 98 valence electrons. The van der Waals surface area contributed by atoms with Crippen LogP contribution in [-0.2, 0) is 4.79 Å². The van der Waals surface area contributed by atoms with Gasteiger partial charge in [-0.15, -0.1) is 0 Å². The van der Waals surface area contributed by atoms with E-state index in [0.717, 1.165) is 0 Å². The Morgan fingerprint density at radius 3 is 2.67 bits per heavy atom. The van der Waals surface area contributed by atoms with Crippen molar-refractivity contribution in [1.29, 1.82) is 0 Å². The van der Waals surface area contributed by atoms with Crippen molar-refractivity contribution in [2.75, 3.05) is 6.61 Å². The summed E-state index contributed by atoms with van der Waals surface area (Å²) in [6.07, 6.45) is 0. The second-order valence-corrected chi connectivity index (χ2v) is 4.79. The Morgan fingerprint density at radius 2 is 2.11 bits per heavy atom. The van der Waals surface area contributed by atoms with Gasteiger partial charge in [-0.1, -0.05) is 6.07 Å². The molecule has 6 heteroatoms. The highest BCUT2D eigenvalue weighted by Crippen LogP contribution is 2.28. The van der Waals surface area contributed by atoms with Crippen molar-refractivity contribution in [1.82, 2.24) is 5.32 Å². The number of hydrogen-bond donors (Lipinski definition) is 2. The molecule has 2 N–H and O–H groups in total. The first kappa shape index (κ1) is 14.5. The molecule has 0 heterocycles. The summed E-state index contributed by atoms with van der Waals surface area (Å²) in [6, 6.07) is 4.68. The molecular weight excluding hydrogens is 302 g/mol. The summed E-state index contributed by atoms with van der Waals surface area (Å²) in [7, 11) is 0. The zero-order chi connectivity index (χ0) is 13.7. The number of carbonyl (C=O) groups excluding carboxylic acids is 1. The summed E-state index contributed by atoms with van der Waals surface area (Å²) in [4.78, 5) is 22.4. The molecule has 0 aliphatic rings. The number of nitrogens with one attached hydrogen (secondary N) is 1. The molecule has 0 aliphatic heterocycles. The summed E-state index contributed by atoms with van der Waals surface area (Å²) in [5.41, 5.74) is 0.0155. The molecule has 0 bridgehead atoms. The first-order valence-corrected chi connectivity index (χ1v) is 6.15. The Labute approximate surface area is 113 Å². The van der Waals surface area contributed by atoms with Gasteiger partial charge >= 0.3 is 5.97 Å². The zero-order valence-corrected chi connectivity index (χ0v) is 11.7. The number of aromatic carboxylic acids is 1. The number of para-hydroxylation sites is 1. The number of carbonyl (C=O) groups is 2. The van der Waals surface area contributed by atoms with Gasteiger partial charge in [-0.2, -0.15) is 0 Å². The predicted octanol–water partition coefficient (Wildman–Crippen LogP) is 2.05. The lowest BCUT2D eigenvalue weighted by molar-refractivity contribution is -0.123. The largest absolute Gasteiger partial charge is 0.482 e. The van der Waals surface area contributed by atoms with Crippen LogP contribution in [0.15, 0.2) is 22.7 Å². The van der Waals surface area contributed by atoms with Crippen LogP contribution >= 0.6 is 15.9 Å². The standard InChI is InChI=1S/C12H14BrNO4/c1-7(2)14-10(15)6-18-11-8(12(16)17)4-3-5-9(11)13/h3-5,7H,6H2,1-2H3,(H,14,15)(H,16,17). The number of carboxylic acids is 1. The summed E-state index contributed by atoms with van der Waals surface area (Å²) in [6.45, 7) is 3.44. The number of hydrogen-bond acceptors (Lipinski definition) is 3. The highest BCUT2D eigenvalue weighted by atomic mass is 79.9. The van der Waals surface area contributed by atoms with Crippen LogP contribution in [0.25, 0.3) is 0 Å². The zero-order valence-electron chi connectivity index (χ0n) is 10.1. The molecule has 0 atom stereocenters. The molecule has 1 aromatic carbocycles. The van der Waals surface area contributed by atoms with Crippen LogP contribution < -0.4 is 10.1 Å². The lowest BCUT2D eigenvalue weighted by Crippen LogP contribution is -2.34. The van der Waals surface area contributed by atoms with E-state index in [2.05, 4.69) is 21.2 Å². The topological polar surface area (TPSA) is 75.6 Å². The van der Waals surface area contributed by atoms with Gasteiger partial charge in [0.15, 0.2) is 6.61 Å². The Kier molecular flexibility index (Phi) is 5.15. The van der Waals surface area contributed by atoms with Crippen LogP contribution in [0, 0.1) is 0 Å². The highest BCUT2D eigenvalue weighted by molar-refractivity contribution is 9.10. The van der Waals surface area contributed by atoms with E-state index in [-0.39, 0.29) is 29.9 Å². The molecule has 1 amide bonds. The summed E-state index contributed by atoms with van der Waals surface area (Å²) in [5, 5.41) is 11.7. The molecule has 1 aromatic rings. The number of benzene rings is 1. The van der Waals surface area contributed by atoms with Crippen molar-refractivity contribution < 1.29 is 19.4 Å². The fourth-order valence-electron chi connectivity index (χ4n) is 1.33. The third kappa shape index (κ3) is 4.03. The number of rotatable bonds is 5. The minimum absolute atomic E-state index is 0.0132. The van der Waals surface area contributed by atoms with Crippen LogP contribution in [0.3, 0.4) is 0 Å². The summed E-state index contributed by atoms with van der Waals surface area (Å²) < 4.78 is 5.75. The maximum Gasteiger partial charge on any atom is 0.339 e. The summed E-state index contributed by atoms with van der Waals surface area (Å²) in [5.74, 6) is -1.24. The van der Waals surface area contributed by atoms with E-state index in [4.69, 9.17) is 9.84 Å². The third-order valence-corrected chi connectivity index (χ3v) is 2.62. The van der Waals surface area contributed by atoms with Crippen LogP contribution in [-0.4, -0.2) is 29.6 Å². The lowest BCUT2D eigenvalue weighted by atomic mass is 10.2. The number of ether oxygens (including phenoxy) is 1. The van der Waals surface area contributed by atoms with E-state index in [1.54, 1.807) is 12.1 Å². The molecule has 0 saturated heterocycles. The maximum atomic E-state index is 11.4. The SMILES string of the molecule is CC(C)NC(=O)COc1c(Br)cccc1C(=O)O. The molecule has 0 aromatic heterocycles. The van der Waals surface area contributed by atoms with Crippen molar-refractivity contribution >= 4 is 27.8 Å². The van der Waals surface area contributed by atoms with Crippen molar-refractivity contribution in [3.05, 3.63) is 28.2 Å². The van der Waals surface area contributed by atoms with Crippen LogP contribution in [0.2, 0.25) is 0 Å². The quantitative estimate of drug-likeness (QED) is 0.872. The minimum atomic E-state index is -1.10. The molecule has 0 fully saturated rings. The Morgan fingerprint density at radius 1 is 1.44 bits per heavy atom. The minimum Gasteiger partial charge on any atom is -0.482 e. The molecule has 1 rings (SSSR count). The Balaban J connectivity index is 2.78. The van der Waals surface area contributed by atoms with Crippen molar-refractivity contribution in [3.63, 3.8) is 0 Å². The van der Waals surface area contributed by atoms with Gasteiger partial charge in [0.25, 0.3) is 5.91 Å². The first-order chi connectivity index (χ1) is 8.41. The van der Waals surface area contributed by atoms with Crippen LogP contribution in [0.4, 0.5) is 0 Å². The number of carboxylic acid groups (broad SMARTS) is 1. The van der Waals surface area contributed by atoms with E-state index in [1.807, 2.05) is 13.8 Å². The smallest absolute Gasteiger partial charge is 0.339 e. The maximum absolute atomic E-state index is 11.4. The monoisotopic (exact) mass is 315 g/mol. The normalized spacial score (nSPS) is 10.2. The van der Waals surface area contributed by atoms with E-state index in [1.165, 1.54) is 6.07 Å². The van der Waals surface area contributed by atoms with Gasteiger partial charge in [-0.05, 0) is 41.9 Å². The van der Waals surface area contributed by atoms with Gasteiger partial charge < -0.3 is 15.2 Å². The van der Waals surface area contributed by atoms with Gasteiger partial charge in [-0.3, -0.25) is 4.79 Å². The van der Waals surface area contributed by atoms with Crippen LogP contribution in [0.1, 0.15) is 24.2 Å². The second-order valence-electron chi connectivity index (χ2n) is 3.93. The van der Waals surface area contributed by atoms with Crippen molar-refractivity contribution in [3.8, 4) is 5.75 Å². The van der Waals surface area contributed by atoms with Crippen molar-refractivity contribution in [2.24, 2.45) is 0 Å². The van der Waals surface area contributed by atoms with E-state index in [0.29, 0.717) is 4.47 Å². The third-order valence-electron chi connectivity index (χ3n) is 1.99. The fraction of sp³-hybridized carbons (Fsp3) is 0.333. The number of amides is 1. The molecular formula is C12H14BrNO4. The fourth-order valence-corrected chi connectivity index (χ4v) is 1.81. The van der Waals surface area contributed by atoms with Gasteiger partial charge in [0.2, 0.25) is 0 Å². The summed E-state index contributed by atoms with van der Waals surface area (Å²) >= 11 is 3.20. The van der Waals surface area contributed by atoms with Crippen molar-refractivity contribution in [2.45, 2.75) is 19.9 Å². The average Bonchev–Trinajstić information content (AvgIpc) is 2.25. The van der Waals surface area contributed by atoms with Gasteiger partial charge in [-0.25, -0.2) is 4.79 Å². The lowest BCUT2D eigenvalue weighted by Gasteiger charge is -2.12. The molecule has 5 nitrogen and oxygen atoms in total.